The maximum Gasteiger partial charge on any atom is 0.259 e. The summed E-state index contributed by atoms with van der Waals surface area (Å²) < 4.78 is 5.39. The second kappa shape index (κ2) is 5.26. The molecule has 1 heterocycles. The van der Waals surface area contributed by atoms with Crippen LogP contribution >= 0.6 is 0 Å². The lowest BCUT2D eigenvalue weighted by Crippen LogP contribution is -2.23. The van der Waals surface area contributed by atoms with E-state index in [9.17, 15) is 4.79 Å². The zero-order chi connectivity index (χ0) is 14.0. The van der Waals surface area contributed by atoms with Gasteiger partial charge in [-0.1, -0.05) is 49.3 Å². The number of nitrogens with zero attached hydrogens (tertiary/aromatic N) is 2. The maximum atomic E-state index is 12.4. The third kappa shape index (κ3) is 2.52. The highest BCUT2D eigenvalue weighted by Crippen LogP contribution is 2.30. The van der Waals surface area contributed by atoms with Crippen molar-refractivity contribution in [2.45, 2.75) is 19.8 Å². The van der Waals surface area contributed by atoms with E-state index in [0.29, 0.717) is 17.0 Å². The number of carbonyl (C=O) groups is 1. The highest BCUT2D eigenvalue weighted by Gasteiger charge is 2.26. The van der Waals surface area contributed by atoms with Crippen molar-refractivity contribution in [3.63, 3.8) is 0 Å². The summed E-state index contributed by atoms with van der Waals surface area (Å²) >= 11 is 0. The molecule has 0 radical (unpaired) electrons. The summed E-state index contributed by atoms with van der Waals surface area (Å²) in [7, 11) is 3.46. The molecule has 0 spiro atoms. The molecule has 0 atom stereocenters. The van der Waals surface area contributed by atoms with Gasteiger partial charge in [0.05, 0.1) is 0 Å². The maximum absolute atomic E-state index is 12.4. The monoisotopic (exact) mass is 258 g/mol. The minimum Gasteiger partial charge on any atom is -0.360 e. The van der Waals surface area contributed by atoms with E-state index in [2.05, 4.69) is 5.16 Å². The minimum absolute atomic E-state index is 0.0798. The Balaban J connectivity index is 2.60. The standard InChI is InChI=1S/C15H18N2O2/c1-10(2)14-12(15(18)17(3)4)13(16-19-14)11-8-6-5-7-9-11/h5-10H,1-4H3. The molecule has 2 aromatic rings. The zero-order valence-electron chi connectivity index (χ0n) is 11.7. The first-order valence-electron chi connectivity index (χ1n) is 6.29. The second-order valence-electron chi connectivity index (χ2n) is 4.99. The van der Waals surface area contributed by atoms with E-state index in [-0.39, 0.29) is 11.8 Å². The van der Waals surface area contributed by atoms with Gasteiger partial charge in [-0.15, -0.1) is 0 Å². The molecule has 0 N–H and O–H groups in total. The zero-order valence-corrected chi connectivity index (χ0v) is 11.7. The van der Waals surface area contributed by atoms with Crippen molar-refractivity contribution in [2.75, 3.05) is 14.1 Å². The molecule has 100 valence electrons. The number of carbonyl (C=O) groups excluding carboxylic acids is 1. The fourth-order valence-corrected chi connectivity index (χ4v) is 1.92. The van der Waals surface area contributed by atoms with Crippen LogP contribution in [0.2, 0.25) is 0 Å². The van der Waals surface area contributed by atoms with Crippen molar-refractivity contribution in [2.24, 2.45) is 0 Å². The predicted octanol–water partition coefficient (Wildman–Crippen LogP) is 3.17. The summed E-state index contributed by atoms with van der Waals surface area (Å²) in [5.41, 5.74) is 2.07. The van der Waals surface area contributed by atoms with Gasteiger partial charge in [0.1, 0.15) is 11.3 Å². The topological polar surface area (TPSA) is 46.3 Å². The molecular formula is C15H18N2O2. The quantitative estimate of drug-likeness (QED) is 0.849. The number of aromatic nitrogens is 1. The van der Waals surface area contributed by atoms with Crippen molar-refractivity contribution in [1.29, 1.82) is 0 Å². The molecular weight excluding hydrogens is 240 g/mol. The number of benzene rings is 1. The van der Waals surface area contributed by atoms with Gasteiger partial charge in [-0.2, -0.15) is 0 Å². The third-order valence-electron chi connectivity index (χ3n) is 2.91. The van der Waals surface area contributed by atoms with Crippen molar-refractivity contribution in [3.8, 4) is 11.3 Å². The molecule has 2 rings (SSSR count). The van der Waals surface area contributed by atoms with Gasteiger partial charge in [0.15, 0.2) is 5.76 Å². The highest BCUT2D eigenvalue weighted by molar-refractivity contribution is 6.00. The fraction of sp³-hybridized carbons (Fsp3) is 0.333. The Morgan fingerprint density at radius 1 is 1.21 bits per heavy atom. The number of amides is 1. The predicted molar refractivity (Wildman–Crippen MR) is 74.0 cm³/mol. The van der Waals surface area contributed by atoms with Crippen LogP contribution in [0.25, 0.3) is 11.3 Å². The molecule has 0 fully saturated rings. The third-order valence-corrected chi connectivity index (χ3v) is 2.91. The van der Waals surface area contributed by atoms with E-state index in [0.717, 1.165) is 5.56 Å². The normalized spacial score (nSPS) is 10.8. The summed E-state index contributed by atoms with van der Waals surface area (Å²) in [4.78, 5) is 13.9. The molecule has 0 aliphatic carbocycles. The highest BCUT2D eigenvalue weighted by atomic mass is 16.5. The first-order chi connectivity index (χ1) is 9.02. The Bertz CT molecular complexity index is 571. The van der Waals surface area contributed by atoms with Crippen molar-refractivity contribution in [1.82, 2.24) is 10.1 Å². The first-order valence-corrected chi connectivity index (χ1v) is 6.29. The summed E-state index contributed by atoms with van der Waals surface area (Å²) in [5.74, 6) is 0.671. The Morgan fingerprint density at radius 3 is 2.37 bits per heavy atom. The van der Waals surface area contributed by atoms with Gasteiger partial charge in [0.25, 0.3) is 5.91 Å². The molecule has 1 aromatic carbocycles. The van der Waals surface area contributed by atoms with Crippen molar-refractivity contribution < 1.29 is 9.32 Å². The van der Waals surface area contributed by atoms with Crippen LogP contribution in [0.5, 0.6) is 0 Å². The van der Waals surface area contributed by atoms with E-state index in [1.807, 2.05) is 44.2 Å². The van der Waals surface area contributed by atoms with E-state index >= 15 is 0 Å². The summed E-state index contributed by atoms with van der Waals surface area (Å²) in [6.45, 7) is 3.98. The molecule has 4 heteroatoms. The van der Waals surface area contributed by atoms with Crippen LogP contribution in [0.15, 0.2) is 34.9 Å². The molecule has 1 aromatic heterocycles. The van der Waals surface area contributed by atoms with Crippen LogP contribution < -0.4 is 0 Å². The second-order valence-corrected chi connectivity index (χ2v) is 4.99. The average Bonchev–Trinajstić information content (AvgIpc) is 2.83. The van der Waals surface area contributed by atoms with Crippen LogP contribution in [0.4, 0.5) is 0 Å². The van der Waals surface area contributed by atoms with Gasteiger partial charge in [-0.3, -0.25) is 4.79 Å². The van der Waals surface area contributed by atoms with Gasteiger partial charge < -0.3 is 9.42 Å². The molecule has 0 unspecified atom stereocenters. The van der Waals surface area contributed by atoms with E-state index in [1.165, 1.54) is 0 Å². The molecule has 19 heavy (non-hydrogen) atoms. The fourth-order valence-electron chi connectivity index (χ4n) is 1.92. The molecule has 0 saturated carbocycles. The lowest BCUT2D eigenvalue weighted by Gasteiger charge is -2.12. The summed E-state index contributed by atoms with van der Waals surface area (Å²) in [6, 6.07) is 9.62. The van der Waals surface area contributed by atoms with E-state index < -0.39 is 0 Å². The van der Waals surface area contributed by atoms with E-state index in [4.69, 9.17) is 4.52 Å². The Labute approximate surface area is 113 Å². The molecule has 0 bridgehead atoms. The Hall–Kier alpha value is -2.10. The van der Waals surface area contributed by atoms with Crippen LogP contribution in [-0.4, -0.2) is 30.1 Å². The molecule has 0 aliphatic rings. The number of hydrogen-bond acceptors (Lipinski definition) is 3. The largest absolute Gasteiger partial charge is 0.360 e. The van der Waals surface area contributed by atoms with Gasteiger partial charge in [-0.25, -0.2) is 0 Å². The summed E-state index contributed by atoms with van der Waals surface area (Å²) in [6.07, 6.45) is 0. The molecule has 1 amide bonds. The number of hydrogen-bond donors (Lipinski definition) is 0. The van der Waals surface area contributed by atoms with Crippen LogP contribution in [0, 0.1) is 0 Å². The Morgan fingerprint density at radius 2 is 1.84 bits per heavy atom. The Kier molecular flexibility index (Phi) is 3.69. The minimum atomic E-state index is -0.0798. The van der Waals surface area contributed by atoms with Gasteiger partial charge >= 0.3 is 0 Å². The van der Waals surface area contributed by atoms with Crippen LogP contribution in [0.1, 0.15) is 35.9 Å². The smallest absolute Gasteiger partial charge is 0.259 e. The molecule has 0 saturated heterocycles. The van der Waals surface area contributed by atoms with Gasteiger partial charge in [0.2, 0.25) is 0 Å². The lowest BCUT2D eigenvalue weighted by atomic mass is 10.00. The first kappa shape index (κ1) is 13.3. The van der Waals surface area contributed by atoms with Crippen molar-refractivity contribution in [3.05, 3.63) is 41.7 Å². The SMILES string of the molecule is CC(C)c1onc(-c2ccccc2)c1C(=O)N(C)C. The van der Waals surface area contributed by atoms with Crippen molar-refractivity contribution >= 4 is 5.91 Å². The average molecular weight is 258 g/mol. The molecule has 4 nitrogen and oxygen atoms in total. The van der Waals surface area contributed by atoms with Gasteiger partial charge in [-0.05, 0) is 0 Å². The summed E-state index contributed by atoms with van der Waals surface area (Å²) in [5, 5.41) is 4.09. The number of rotatable bonds is 3. The van der Waals surface area contributed by atoms with Crippen LogP contribution in [-0.2, 0) is 0 Å². The molecule has 0 aliphatic heterocycles. The lowest BCUT2D eigenvalue weighted by molar-refractivity contribution is 0.0825. The van der Waals surface area contributed by atoms with E-state index in [1.54, 1.807) is 19.0 Å². The van der Waals surface area contributed by atoms with Gasteiger partial charge in [0, 0.05) is 25.6 Å². The van der Waals surface area contributed by atoms with Crippen LogP contribution in [0.3, 0.4) is 0 Å².